The Morgan fingerprint density at radius 1 is 1.48 bits per heavy atom. The van der Waals surface area contributed by atoms with Gasteiger partial charge in [-0.05, 0) is 45.8 Å². The number of nitrogens with zero attached hydrogens (tertiary/aromatic N) is 2. The number of rotatable bonds is 6. The summed E-state index contributed by atoms with van der Waals surface area (Å²) >= 11 is 8.33. The van der Waals surface area contributed by atoms with Crippen LogP contribution in [0.4, 0.5) is 0 Å². The zero-order valence-electron chi connectivity index (χ0n) is 13.3. The summed E-state index contributed by atoms with van der Waals surface area (Å²) < 4.78 is 11.5. The third-order valence-electron chi connectivity index (χ3n) is 2.70. The van der Waals surface area contributed by atoms with Crippen molar-refractivity contribution in [3.8, 4) is 11.5 Å². The SMILES string of the molecule is CNC(=S)N/N=C/c1cc(Br)c(OCC(=O)N(C)C)c(OC)c1. The fraction of sp³-hybridized carbons (Fsp3) is 0.357. The molecule has 0 aliphatic rings. The van der Waals surface area contributed by atoms with Crippen LogP contribution in [0.1, 0.15) is 5.56 Å². The summed E-state index contributed by atoms with van der Waals surface area (Å²) in [5.74, 6) is 0.802. The van der Waals surface area contributed by atoms with Gasteiger partial charge in [0.05, 0.1) is 17.8 Å². The third kappa shape index (κ3) is 6.03. The molecule has 9 heteroatoms. The highest BCUT2D eigenvalue weighted by molar-refractivity contribution is 9.10. The van der Waals surface area contributed by atoms with E-state index in [1.165, 1.54) is 12.0 Å². The Labute approximate surface area is 149 Å². The number of halogens is 1. The molecular weight excluding hydrogens is 384 g/mol. The fourth-order valence-electron chi connectivity index (χ4n) is 1.44. The van der Waals surface area contributed by atoms with Gasteiger partial charge in [0.1, 0.15) is 0 Å². The molecule has 126 valence electrons. The summed E-state index contributed by atoms with van der Waals surface area (Å²) in [4.78, 5) is 13.1. The summed E-state index contributed by atoms with van der Waals surface area (Å²) in [6.07, 6.45) is 1.59. The quantitative estimate of drug-likeness (QED) is 0.425. The molecule has 1 rings (SSSR count). The lowest BCUT2D eigenvalue weighted by Crippen LogP contribution is -2.28. The van der Waals surface area contributed by atoms with Crippen molar-refractivity contribution in [2.24, 2.45) is 5.10 Å². The second-order valence-electron chi connectivity index (χ2n) is 4.56. The highest BCUT2D eigenvalue weighted by Crippen LogP contribution is 2.36. The smallest absolute Gasteiger partial charge is 0.259 e. The van der Waals surface area contributed by atoms with E-state index in [2.05, 4.69) is 31.8 Å². The maximum Gasteiger partial charge on any atom is 0.259 e. The molecule has 0 fully saturated rings. The number of hydrogen-bond donors (Lipinski definition) is 2. The Balaban J connectivity index is 2.90. The van der Waals surface area contributed by atoms with E-state index < -0.39 is 0 Å². The minimum Gasteiger partial charge on any atom is -0.493 e. The number of amides is 1. The van der Waals surface area contributed by atoms with Crippen molar-refractivity contribution in [1.29, 1.82) is 0 Å². The maximum atomic E-state index is 11.6. The number of hydrogen-bond acceptors (Lipinski definition) is 5. The molecule has 0 aliphatic carbocycles. The average Bonchev–Trinajstić information content (AvgIpc) is 2.52. The molecule has 7 nitrogen and oxygen atoms in total. The van der Waals surface area contributed by atoms with Crippen molar-refractivity contribution in [2.75, 3.05) is 34.9 Å². The Morgan fingerprint density at radius 3 is 2.74 bits per heavy atom. The predicted octanol–water partition coefficient (Wildman–Crippen LogP) is 1.35. The standard InChI is InChI=1S/C14H19BrN4O3S/c1-16-14(23)18-17-7-9-5-10(15)13(11(6-9)21-4)22-8-12(20)19(2)3/h5-7H,8H2,1-4H3,(H2,16,18,23)/b17-7+. The topological polar surface area (TPSA) is 75.2 Å². The van der Waals surface area contributed by atoms with Gasteiger partial charge in [-0.15, -0.1) is 0 Å². The van der Waals surface area contributed by atoms with E-state index >= 15 is 0 Å². The van der Waals surface area contributed by atoms with Crippen LogP contribution in [0.5, 0.6) is 11.5 Å². The van der Waals surface area contributed by atoms with Crippen molar-refractivity contribution >= 4 is 45.4 Å². The molecule has 0 radical (unpaired) electrons. The van der Waals surface area contributed by atoms with Crippen molar-refractivity contribution < 1.29 is 14.3 Å². The average molecular weight is 403 g/mol. The van der Waals surface area contributed by atoms with E-state index in [1.54, 1.807) is 39.5 Å². The first-order chi connectivity index (χ1) is 10.9. The van der Waals surface area contributed by atoms with Gasteiger partial charge in [0, 0.05) is 21.1 Å². The van der Waals surface area contributed by atoms with Crippen LogP contribution in [0, 0.1) is 0 Å². The number of benzene rings is 1. The van der Waals surface area contributed by atoms with Gasteiger partial charge < -0.3 is 19.7 Å². The van der Waals surface area contributed by atoms with Crippen LogP contribution in [0.25, 0.3) is 0 Å². The number of likely N-dealkylation sites (N-methyl/N-ethyl adjacent to an activating group) is 1. The number of thiocarbonyl (C=S) groups is 1. The Hall–Kier alpha value is -1.87. The minimum absolute atomic E-state index is 0.0760. The van der Waals surface area contributed by atoms with Crippen molar-refractivity contribution in [3.05, 3.63) is 22.2 Å². The van der Waals surface area contributed by atoms with Gasteiger partial charge in [-0.2, -0.15) is 5.10 Å². The molecule has 0 spiro atoms. The molecule has 1 aromatic rings. The number of methoxy groups -OCH3 is 1. The molecule has 0 aromatic heterocycles. The zero-order valence-corrected chi connectivity index (χ0v) is 15.7. The Morgan fingerprint density at radius 2 is 2.17 bits per heavy atom. The predicted molar refractivity (Wildman–Crippen MR) is 97.3 cm³/mol. The molecule has 0 aliphatic heterocycles. The number of carbonyl (C=O) groups is 1. The van der Waals surface area contributed by atoms with Gasteiger partial charge in [0.15, 0.2) is 23.2 Å². The van der Waals surface area contributed by atoms with Crippen LogP contribution in [0.3, 0.4) is 0 Å². The summed E-state index contributed by atoms with van der Waals surface area (Å²) in [5.41, 5.74) is 3.43. The van der Waals surface area contributed by atoms with Crippen LogP contribution in [-0.2, 0) is 4.79 Å². The van der Waals surface area contributed by atoms with Crippen molar-refractivity contribution in [3.63, 3.8) is 0 Å². The number of carbonyl (C=O) groups excluding carboxylic acids is 1. The second kappa shape index (κ2) is 9.31. The Bertz CT molecular complexity index is 608. The second-order valence-corrected chi connectivity index (χ2v) is 5.82. The van der Waals surface area contributed by atoms with Crippen LogP contribution in [0.2, 0.25) is 0 Å². The van der Waals surface area contributed by atoms with Crippen molar-refractivity contribution in [2.45, 2.75) is 0 Å². The van der Waals surface area contributed by atoms with Crippen molar-refractivity contribution in [1.82, 2.24) is 15.6 Å². The van der Waals surface area contributed by atoms with Gasteiger partial charge in [-0.1, -0.05) is 0 Å². The molecular formula is C14H19BrN4O3S. The van der Waals surface area contributed by atoms with Gasteiger partial charge in [0.2, 0.25) is 0 Å². The zero-order chi connectivity index (χ0) is 17.4. The summed E-state index contributed by atoms with van der Waals surface area (Å²) in [5, 5.41) is 7.16. The minimum atomic E-state index is -0.144. The first-order valence-corrected chi connectivity index (χ1v) is 7.80. The maximum absolute atomic E-state index is 11.6. The number of hydrazone groups is 1. The molecule has 23 heavy (non-hydrogen) atoms. The van der Waals surface area contributed by atoms with E-state index in [0.29, 0.717) is 21.1 Å². The first kappa shape index (κ1) is 19.2. The lowest BCUT2D eigenvalue weighted by atomic mass is 10.2. The van der Waals surface area contributed by atoms with Gasteiger partial charge >= 0.3 is 0 Å². The fourth-order valence-corrected chi connectivity index (χ4v) is 2.07. The van der Waals surface area contributed by atoms with Crippen LogP contribution < -0.4 is 20.2 Å². The molecule has 0 atom stereocenters. The summed E-state index contributed by atoms with van der Waals surface area (Å²) in [6, 6.07) is 3.54. The van der Waals surface area contributed by atoms with E-state index in [4.69, 9.17) is 21.7 Å². The van der Waals surface area contributed by atoms with Gasteiger partial charge in [-0.25, -0.2) is 0 Å². The lowest BCUT2D eigenvalue weighted by Gasteiger charge is -2.15. The molecule has 1 aromatic carbocycles. The molecule has 0 saturated carbocycles. The monoisotopic (exact) mass is 402 g/mol. The first-order valence-electron chi connectivity index (χ1n) is 6.60. The molecule has 0 bridgehead atoms. The summed E-state index contributed by atoms with van der Waals surface area (Å²) in [6.45, 7) is -0.0760. The Kier molecular flexibility index (Phi) is 7.76. The van der Waals surface area contributed by atoms with Crippen LogP contribution in [0.15, 0.2) is 21.7 Å². The normalized spacial score (nSPS) is 10.3. The molecule has 0 saturated heterocycles. The summed E-state index contributed by atoms with van der Waals surface area (Å²) in [7, 11) is 6.56. The van der Waals surface area contributed by atoms with Gasteiger partial charge in [-0.3, -0.25) is 10.2 Å². The van der Waals surface area contributed by atoms with E-state index in [-0.39, 0.29) is 12.5 Å². The third-order valence-corrected chi connectivity index (χ3v) is 3.58. The largest absolute Gasteiger partial charge is 0.493 e. The number of ether oxygens (including phenoxy) is 2. The van der Waals surface area contributed by atoms with E-state index in [0.717, 1.165) is 5.56 Å². The van der Waals surface area contributed by atoms with Gasteiger partial charge in [0.25, 0.3) is 5.91 Å². The van der Waals surface area contributed by atoms with E-state index in [1.807, 2.05) is 0 Å². The van der Waals surface area contributed by atoms with E-state index in [9.17, 15) is 4.79 Å². The highest BCUT2D eigenvalue weighted by atomic mass is 79.9. The highest BCUT2D eigenvalue weighted by Gasteiger charge is 2.13. The number of nitrogens with one attached hydrogen (secondary N) is 2. The molecule has 2 N–H and O–H groups in total. The lowest BCUT2D eigenvalue weighted by molar-refractivity contribution is -0.130. The van der Waals surface area contributed by atoms with Crippen LogP contribution in [-0.4, -0.2) is 57.0 Å². The molecule has 0 heterocycles. The molecule has 0 unspecified atom stereocenters. The van der Waals surface area contributed by atoms with Crippen LogP contribution >= 0.6 is 28.1 Å². The molecule has 1 amide bonds.